The fourth-order valence-electron chi connectivity index (χ4n) is 12.3. The third kappa shape index (κ3) is 8.12. The Balaban J connectivity index is 0.00000609. The van der Waals surface area contributed by atoms with Crippen LogP contribution in [0.2, 0.25) is 0 Å². The molecule has 8 aromatic carbocycles. The Labute approximate surface area is 475 Å². The number of benzene rings is 8. The first-order chi connectivity index (χ1) is 36.6. The monoisotopic (exact) mass is 1200 g/mol. The minimum atomic E-state index is -0.0810. The van der Waals surface area contributed by atoms with Crippen LogP contribution in [0.15, 0.2) is 176 Å². The van der Waals surface area contributed by atoms with E-state index >= 15 is 0 Å². The minimum Gasteiger partial charge on any atom is -0.509 e. The van der Waals surface area contributed by atoms with Crippen molar-refractivity contribution in [2.45, 2.75) is 105 Å². The first kappa shape index (κ1) is 51.7. The van der Waals surface area contributed by atoms with Gasteiger partial charge in [0.05, 0.1) is 17.7 Å². The fourth-order valence-corrected chi connectivity index (χ4v) is 12.3. The molecule has 0 saturated carbocycles. The van der Waals surface area contributed by atoms with Gasteiger partial charge in [0, 0.05) is 90.2 Å². The van der Waals surface area contributed by atoms with E-state index in [1.54, 1.807) is 0 Å². The molecule has 7 heteroatoms. The third-order valence-electron chi connectivity index (χ3n) is 16.6. The van der Waals surface area contributed by atoms with E-state index in [-0.39, 0.29) is 42.7 Å². The standard InChI is InChI=1S/C71H68N5O.Pt/c1-68(2,3)47-22-17-21-46(37-47)55-27-19-32-64-67(55)76(52-39-49(70(7,8)9)38-50(40-52)71(10,11)12)44-75(64,45-76)51-23-18-24-53(42-51)77-54-33-34-58-63(43-54)74(65-41-48(35-36-72-65)69(4,5)6)62-31-20-30-61(66(58)62)73-59-28-15-13-25-56(59)57-26-14-16-29-60(57)73;/h13-41,44H,45H2,1-12H3;/q-1;/t75-,76+;/m1./s1. The molecule has 0 unspecified atom stereocenters. The summed E-state index contributed by atoms with van der Waals surface area (Å²) in [4.78, 5) is 5.07. The first-order valence-electron chi connectivity index (χ1n) is 27.3. The number of hydrogen-bond donors (Lipinski definition) is 0. The van der Waals surface area contributed by atoms with E-state index in [9.17, 15) is 0 Å². The molecule has 1 fully saturated rings. The average Bonchev–Trinajstić information content (AvgIpc) is 2.33. The molecule has 0 amide bonds. The van der Waals surface area contributed by atoms with E-state index in [1.807, 2.05) is 12.3 Å². The summed E-state index contributed by atoms with van der Waals surface area (Å²) < 4.78 is 12.9. The van der Waals surface area contributed by atoms with Crippen molar-refractivity contribution in [3.8, 4) is 34.1 Å². The van der Waals surface area contributed by atoms with Crippen LogP contribution in [-0.4, -0.2) is 20.8 Å². The quantitative estimate of drug-likeness (QED) is 0.118. The Kier molecular flexibility index (Phi) is 11.9. The van der Waals surface area contributed by atoms with Crippen molar-refractivity contribution in [3.63, 3.8) is 0 Å². The summed E-state index contributed by atoms with van der Waals surface area (Å²) in [5.74, 6) is 2.08. The van der Waals surface area contributed by atoms with Crippen molar-refractivity contribution in [1.82, 2.24) is 23.1 Å². The molecule has 78 heavy (non-hydrogen) atoms. The summed E-state index contributed by atoms with van der Waals surface area (Å²) in [7, 11) is 0. The molecule has 3 aliphatic heterocycles. The van der Waals surface area contributed by atoms with E-state index in [1.165, 1.54) is 61.2 Å². The molecule has 14 rings (SSSR count). The van der Waals surface area contributed by atoms with Gasteiger partial charge in [-0.15, -0.1) is 24.3 Å². The van der Waals surface area contributed by atoms with Crippen LogP contribution >= 0.6 is 0 Å². The Hall–Kier alpha value is -7.08. The summed E-state index contributed by atoms with van der Waals surface area (Å²) in [6.07, 6.45) is 1.94. The van der Waals surface area contributed by atoms with Crippen LogP contribution in [0.4, 0.5) is 22.7 Å². The van der Waals surface area contributed by atoms with E-state index in [0.717, 1.165) is 56.7 Å². The van der Waals surface area contributed by atoms with Crippen molar-refractivity contribution >= 4 is 66.4 Å². The molecular weight excluding hydrogens is 1130 g/mol. The zero-order valence-corrected chi connectivity index (χ0v) is 49.3. The van der Waals surface area contributed by atoms with Crippen LogP contribution in [0.25, 0.3) is 66.2 Å². The van der Waals surface area contributed by atoms with Crippen LogP contribution in [-0.2, 0) is 42.7 Å². The average molecular weight is 1200 g/mol. The smallest absolute Gasteiger partial charge is 0.187 e. The van der Waals surface area contributed by atoms with Crippen molar-refractivity contribution in [3.05, 3.63) is 217 Å². The second kappa shape index (κ2) is 18.0. The molecule has 3 aromatic heterocycles. The molecular formula is C71H68N5OPt-. The maximum absolute atomic E-state index is 6.99. The Bertz CT molecular complexity index is 4110. The number of aromatic nitrogens is 3. The molecule has 6 nitrogen and oxygen atoms in total. The molecule has 6 heterocycles. The van der Waals surface area contributed by atoms with E-state index in [2.05, 4.69) is 275 Å². The predicted molar refractivity (Wildman–Crippen MR) is 322 cm³/mol. The molecule has 11 aromatic rings. The Morgan fingerprint density at radius 1 is 0.500 bits per heavy atom. The molecule has 2 bridgehead atoms. The topological polar surface area (TPSA) is 32.0 Å². The molecule has 0 spiro atoms. The van der Waals surface area contributed by atoms with Gasteiger partial charge in [0.1, 0.15) is 11.5 Å². The zero-order chi connectivity index (χ0) is 53.6. The predicted octanol–water partition coefficient (Wildman–Crippen LogP) is 18.9. The van der Waals surface area contributed by atoms with Crippen LogP contribution < -0.4 is 13.7 Å². The number of ether oxygens (including phenoxy) is 1. The molecule has 0 aliphatic carbocycles. The number of para-hydroxylation sites is 3. The summed E-state index contributed by atoms with van der Waals surface area (Å²) in [6, 6.07) is 70.2. The summed E-state index contributed by atoms with van der Waals surface area (Å²) in [5.41, 5.74) is 17.9. The van der Waals surface area contributed by atoms with Gasteiger partial charge in [-0.2, -0.15) is 12.1 Å². The van der Waals surface area contributed by atoms with Gasteiger partial charge >= 0.3 is 0 Å². The maximum Gasteiger partial charge on any atom is 0.187 e. The van der Waals surface area contributed by atoms with E-state index < -0.39 is 0 Å². The molecule has 0 N–H and O–H groups in total. The Morgan fingerprint density at radius 3 is 1.76 bits per heavy atom. The molecule has 0 radical (unpaired) electrons. The van der Waals surface area contributed by atoms with Gasteiger partial charge in [-0.05, 0) is 97.3 Å². The zero-order valence-electron chi connectivity index (χ0n) is 47.0. The van der Waals surface area contributed by atoms with Gasteiger partial charge in [-0.1, -0.05) is 179 Å². The normalized spacial score (nSPS) is 17.4. The summed E-state index contributed by atoms with van der Waals surface area (Å²) in [5, 5.41) is 4.64. The molecule has 3 aliphatic rings. The molecule has 394 valence electrons. The van der Waals surface area contributed by atoms with Crippen molar-refractivity contribution in [1.29, 1.82) is 0 Å². The number of quaternary nitrogens is 2. The van der Waals surface area contributed by atoms with Crippen molar-refractivity contribution in [2.75, 3.05) is 6.67 Å². The van der Waals surface area contributed by atoms with Gasteiger partial charge in [0.2, 0.25) is 0 Å². The van der Waals surface area contributed by atoms with Gasteiger partial charge in [0.15, 0.2) is 18.0 Å². The number of hydrogen-bond acceptors (Lipinski definition) is 2. The van der Waals surface area contributed by atoms with Crippen molar-refractivity contribution in [2.24, 2.45) is 0 Å². The summed E-state index contributed by atoms with van der Waals surface area (Å²) in [6.45, 7) is 31.0. The SMILES string of the molecule is CC(C)(C)c1cccc(-c2cccc3c2[N@@+]2(c4cc(C(C)(C)C)cc(C(C)(C)C)c4)[CH-][N@+]3(c3[c-]c(Oc4[c-]c5c(cc4)c4c(-n6c7ccccc7c7ccccc76)cccc4n5-c4cc(C(C)(C)C)ccn4)ccc3)C2)c1.[Pt]. The number of fused-ring (bicyclic) bond motifs is 6. The second-order valence-corrected chi connectivity index (χ2v) is 25.9. The van der Waals surface area contributed by atoms with Gasteiger partial charge in [0.25, 0.3) is 0 Å². The fraction of sp³-hybridized carbons (Fsp3) is 0.239. The Morgan fingerprint density at radius 2 is 1.09 bits per heavy atom. The third-order valence-corrected chi connectivity index (χ3v) is 16.6. The van der Waals surface area contributed by atoms with Gasteiger partial charge < -0.3 is 18.4 Å². The van der Waals surface area contributed by atoms with Gasteiger partial charge in [-0.25, -0.2) is 4.98 Å². The van der Waals surface area contributed by atoms with Gasteiger partial charge in [-0.3, -0.25) is 4.48 Å². The van der Waals surface area contributed by atoms with E-state index in [0.29, 0.717) is 20.5 Å². The van der Waals surface area contributed by atoms with Crippen LogP contribution in [0.3, 0.4) is 0 Å². The molecule has 2 atom stereocenters. The maximum atomic E-state index is 6.99. The van der Waals surface area contributed by atoms with Crippen LogP contribution in [0, 0.1) is 18.8 Å². The van der Waals surface area contributed by atoms with Crippen LogP contribution in [0.1, 0.15) is 105 Å². The first-order valence-corrected chi connectivity index (χ1v) is 27.3. The largest absolute Gasteiger partial charge is 0.509 e. The van der Waals surface area contributed by atoms with Crippen LogP contribution in [0.5, 0.6) is 11.5 Å². The number of nitrogens with zero attached hydrogens (tertiary/aromatic N) is 5. The number of pyridine rings is 1. The number of rotatable bonds is 7. The molecule has 1 saturated heterocycles. The minimum absolute atomic E-state index is 0. The van der Waals surface area contributed by atoms with E-state index in [4.69, 9.17) is 9.72 Å². The second-order valence-electron chi connectivity index (χ2n) is 25.9. The van der Waals surface area contributed by atoms with Crippen molar-refractivity contribution < 1.29 is 25.8 Å². The summed E-state index contributed by atoms with van der Waals surface area (Å²) >= 11 is 0.